The number of anilines is 1. The van der Waals surface area contributed by atoms with Crippen LogP contribution in [0.5, 0.6) is 0 Å². The van der Waals surface area contributed by atoms with Gasteiger partial charge >= 0.3 is 0 Å². The lowest BCUT2D eigenvalue weighted by Crippen LogP contribution is -2.33. The Labute approximate surface area is 165 Å². The van der Waals surface area contributed by atoms with Gasteiger partial charge in [-0.2, -0.15) is 4.31 Å². The molecule has 2 aromatic carbocycles. The highest BCUT2D eigenvalue weighted by Crippen LogP contribution is 2.31. The molecule has 1 fully saturated rings. The zero-order chi connectivity index (χ0) is 20.4. The van der Waals surface area contributed by atoms with Crippen LogP contribution in [0.15, 0.2) is 59.5 Å². The highest BCUT2D eigenvalue weighted by Gasteiger charge is 2.35. The minimum Gasteiger partial charge on any atom is -0.326 e. The van der Waals surface area contributed by atoms with E-state index in [1.807, 2.05) is 6.07 Å². The molecule has 1 N–H and O–H groups in total. The van der Waals surface area contributed by atoms with Crippen molar-refractivity contribution in [2.75, 3.05) is 24.2 Å². The molecule has 1 saturated heterocycles. The van der Waals surface area contributed by atoms with Crippen LogP contribution >= 0.6 is 0 Å². The highest BCUT2D eigenvalue weighted by molar-refractivity contribution is 7.92. The van der Waals surface area contributed by atoms with Crippen molar-refractivity contribution in [3.05, 3.63) is 60.2 Å². The van der Waals surface area contributed by atoms with Crippen LogP contribution in [0.3, 0.4) is 0 Å². The van der Waals surface area contributed by atoms with Gasteiger partial charge in [-0.3, -0.25) is 4.79 Å². The molecule has 28 heavy (non-hydrogen) atoms. The number of hydrogen-bond donors (Lipinski definition) is 1. The van der Waals surface area contributed by atoms with Crippen molar-refractivity contribution in [3.8, 4) is 0 Å². The summed E-state index contributed by atoms with van der Waals surface area (Å²) < 4.78 is 52.6. The summed E-state index contributed by atoms with van der Waals surface area (Å²) in [6.07, 6.45) is 0.204. The molecule has 0 radical (unpaired) electrons. The molecule has 7 nitrogen and oxygen atoms in total. The van der Waals surface area contributed by atoms with Gasteiger partial charge in [0.2, 0.25) is 15.9 Å². The standard InChI is InChI=1S/C19H22N2O5S2/c1-15(22)20-17-7-9-18(10-8-17)28(25,26)21-12-11-19(27(23,24)14-13-21)16-5-3-2-4-6-16/h2-10,19H,11-14H2,1H3,(H,20,22). The molecule has 1 heterocycles. The van der Waals surface area contributed by atoms with Crippen LogP contribution in [0.4, 0.5) is 5.69 Å². The highest BCUT2D eigenvalue weighted by atomic mass is 32.2. The van der Waals surface area contributed by atoms with Gasteiger partial charge in [0.25, 0.3) is 0 Å². The summed E-state index contributed by atoms with van der Waals surface area (Å²) in [5.74, 6) is -0.476. The van der Waals surface area contributed by atoms with Crippen molar-refractivity contribution in [1.82, 2.24) is 4.31 Å². The number of sulfonamides is 1. The molecule has 150 valence electrons. The van der Waals surface area contributed by atoms with Crippen LogP contribution in [0.2, 0.25) is 0 Å². The van der Waals surface area contributed by atoms with Gasteiger partial charge in [-0.05, 0) is 36.2 Å². The lowest BCUT2D eigenvalue weighted by atomic mass is 10.1. The SMILES string of the molecule is CC(=O)Nc1ccc(S(=O)(=O)N2CCC(c3ccccc3)S(=O)(=O)CC2)cc1. The van der Waals surface area contributed by atoms with Crippen molar-refractivity contribution in [2.45, 2.75) is 23.5 Å². The molecule has 3 rings (SSSR count). The first-order valence-electron chi connectivity index (χ1n) is 8.84. The molecule has 9 heteroatoms. The predicted octanol–water partition coefficient (Wildman–Crippen LogP) is 2.20. The number of benzene rings is 2. The average Bonchev–Trinajstić information content (AvgIpc) is 2.81. The first kappa shape index (κ1) is 20.5. The van der Waals surface area contributed by atoms with Crippen molar-refractivity contribution >= 4 is 31.5 Å². The van der Waals surface area contributed by atoms with E-state index >= 15 is 0 Å². The van der Waals surface area contributed by atoms with Crippen LogP contribution in [-0.2, 0) is 24.7 Å². The number of rotatable bonds is 4. The van der Waals surface area contributed by atoms with Gasteiger partial charge in [-0.1, -0.05) is 30.3 Å². The van der Waals surface area contributed by atoms with Gasteiger partial charge in [0, 0.05) is 25.7 Å². The Morgan fingerprint density at radius 3 is 2.29 bits per heavy atom. The summed E-state index contributed by atoms with van der Waals surface area (Å²) in [6.45, 7) is 1.40. The smallest absolute Gasteiger partial charge is 0.243 e. The Morgan fingerprint density at radius 1 is 1.04 bits per heavy atom. The topological polar surface area (TPSA) is 101 Å². The van der Waals surface area contributed by atoms with Gasteiger partial charge in [0.15, 0.2) is 9.84 Å². The van der Waals surface area contributed by atoms with Gasteiger partial charge in [0.1, 0.15) is 0 Å². The monoisotopic (exact) mass is 422 g/mol. The summed E-state index contributed by atoms with van der Waals surface area (Å²) >= 11 is 0. The molecule has 1 aliphatic rings. The van der Waals surface area contributed by atoms with E-state index in [1.54, 1.807) is 24.3 Å². The van der Waals surface area contributed by atoms with Crippen molar-refractivity contribution in [1.29, 1.82) is 0 Å². The third kappa shape index (κ3) is 4.43. The predicted molar refractivity (Wildman–Crippen MR) is 107 cm³/mol. The summed E-state index contributed by atoms with van der Waals surface area (Å²) in [7, 11) is -7.29. The number of nitrogens with zero attached hydrogens (tertiary/aromatic N) is 1. The lowest BCUT2D eigenvalue weighted by Gasteiger charge is -2.20. The Balaban J connectivity index is 1.83. The first-order valence-corrected chi connectivity index (χ1v) is 12.0. The molecular weight excluding hydrogens is 400 g/mol. The minimum absolute atomic E-state index is 0.0668. The van der Waals surface area contributed by atoms with Gasteiger partial charge in [-0.25, -0.2) is 16.8 Å². The maximum atomic E-state index is 13.0. The Morgan fingerprint density at radius 2 is 1.68 bits per heavy atom. The lowest BCUT2D eigenvalue weighted by molar-refractivity contribution is -0.114. The van der Waals surface area contributed by atoms with E-state index in [2.05, 4.69) is 5.32 Å². The molecule has 1 unspecified atom stereocenters. The molecule has 1 aliphatic heterocycles. The number of nitrogens with one attached hydrogen (secondary N) is 1. The second kappa shape index (κ2) is 8.02. The number of carbonyl (C=O) groups is 1. The Hall–Kier alpha value is -2.23. The number of carbonyl (C=O) groups excluding carboxylic acids is 1. The second-order valence-corrected chi connectivity index (χ2v) is 10.9. The molecular formula is C19H22N2O5S2. The largest absolute Gasteiger partial charge is 0.326 e. The Kier molecular flexibility index (Phi) is 5.87. The summed E-state index contributed by atoms with van der Waals surface area (Å²) in [5.41, 5.74) is 1.18. The molecule has 0 spiro atoms. The molecule has 0 aliphatic carbocycles. The van der Waals surface area contributed by atoms with E-state index in [0.29, 0.717) is 11.3 Å². The third-order valence-corrected chi connectivity index (χ3v) is 8.72. The van der Waals surface area contributed by atoms with E-state index in [-0.39, 0.29) is 36.1 Å². The molecule has 2 aromatic rings. The van der Waals surface area contributed by atoms with Gasteiger partial charge in [0.05, 0.1) is 15.9 Å². The molecule has 0 saturated carbocycles. The summed E-state index contributed by atoms with van der Waals surface area (Å²) in [6, 6.07) is 14.7. The number of hydrogen-bond acceptors (Lipinski definition) is 5. The maximum absolute atomic E-state index is 13.0. The van der Waals surface area contributed by atoms with Crippen LogP contribution < -0.4 is 5.32 Å². The van der Waals surface area contributed by atoms with E-state index < -0.39 is 25.1 Å². The van der Waals surface area contributed by atoms with E-state index in [4.69, 9.17) is 0 Å². The fourth-order valence-electron chi connectivity index (χ4n) is 3.27. The normalized spacial score (nSPS) is 20.2. The second-order valence-electron chi connectivity index (χ2n) is 6.66. The average molecular weight is 423 g/mol. The van der Waals surface area contributed by atoms with Gasteiger partial charge < -0.3 is 5.32 Å². The number of sulfone groups is 1. The molecule has 0 aromatic heterocycles. The summed E-state index contributed by atoms with van der Waals surface area (Å²) in [5, 5.41) is 1.87. The van der Waals surface area contributed by atoms with Crippen LogP contribution in [0, 0.1) is 0 Å². The zero-order valence-corrected chi connectivity index (χ0v) is 17.0. The van der Waals surface area contributed by atoms with Crippen molar-refractivity contribution in [3.63, 3.8) is 0 Å². The molecule has 1 amide bonds. The molecule has 1 atom stereocenters. The maximum Gasteiger partial charge on any atom is 0.243 e. The zero-order valence-electron chi connectivity index (χ0n) is 15.4. The summed E-state index contributed by atoms with van der Waals surface area (Å²) in [4.78, 5) is 11.2. The third-order valence-electron chi connectivity index (χ3n) is 4.68. The fourth-order valence-corrected chi connectivity index (χ4v) is 6.64. The van der Waals surface area contributed by atoms with Crippen LogP contribution in [0.25, 0.3) is 0 Å². The number of amides is 1. The van der Waals surface area contributed by atoms with E-state index in [1.165, 1.54) is 35.5 Å². The van der Waals surface area contributed by atoms with Crippen LogP contribution in [0.1, 0.15) is 24.2 Å². The van der Waals surface area contributed by atoms with E-state index in [9.17, 15) is 21.6 Å². The van der Waals surface area contributed by atoms with Gasteiger partial charge in [-0.15, -0.1) is 0 Å². The van der Waals surface area contributed by atoms with Crippen LogP contribution in [-0.4, -0.2) is 45.9 Å². The van der Waals surface area contributed by atoms with Crippen molar-refractivity contribution < 1.29 is 21.6 Å². The Bertz CT molecular complexity index is 1050. The minimum atomic E-state index is -3.83. The fraction of sp³-hybridized carbons (Fsp3) is 0.316. The first-order chi connectivity index (χ1) is 13.2. The van der Waals surface area contributed by atoms with Crippen molar-refractivity contribution in [2.24, 2.45) is 0 Å². The van der Waals surface area contributed by atoms with E-state index in [0.717, 1.165) is 0 Å². The quantitative estimate of drug-likeness (QED) is 0.814. The molecule has 0 bridgehead atoms.